The van der Waals surface area contributed by atoms with Gasteiger partial charge in [0, 0.05) is 11.6 Å². The van der Waals surface area contributed by atoms with Crippen molar-refractivity contribution in [2.75, 3.05) is 19.8 Å². The van der Waals surface area contributed by atoms with Gasteiger partial charge < -0.3 is 19.5 Å². The summed E-state index contributed by atoms with van der Waals surface area (Å²) in [6.45, 7) is 4.49. The number of carbonyl (C=O) groups is 2. The van der Waals surface area contributed by atoms with Crippen molar-refractivity contribution in [3.05, 3.63) is 22.7 Å². The van der Waals surface area contributed by atoms with Crippen molar-refractivity contribution in [3.63, 3.8) is 0 Å². The summed E-state index contributed by atoms with van der Waals surface area (Å²) in [4.78, 5) is 25.2. The summed E-state index contributed by atoms with van der Waals surface area (Å²) in [5.74, 6) is -0.561. The molecule has 0 bridgehead atoms. The lowest BCUT2D eigenvalue weighted by Crippen LogP contribution is -2.37. The smallest absolute Gasteiger partial charge is 0.323 e. The molecule has 2 rings (SSSR count). The third-order valence-electron chi connectivity index (χ3n) is 3.85. The predicted molar refractivity (Wildman–Crippen MR) is 94.7 cm³/mol. The van der Waals surface area contributed by atoms with Crippen LogP contribution in [0.25, 0.3) is 0 Å². The standard InChI is InChI=1S/C18H24ClNO5/c1-3-5-8-25-17-14(19)9-12(10-15(17)24-4-2)18(23)20(11-16(21)22)13-6-7-13/h9-10,13H,3-8,11H2,1-2H3,(H,21,22). The van der Waals surface area contributed by atoms with Gasteiger partial charge in [0.05, 0.1) is 18.2 Å². The van der Waals surface area contributed by atoms with Gasteiger partial charge in [-0.1, -0.05) is 24.9 Å². The summed E-state index contributed by atoms with van der Waals surface area (Å²) in [6, 6.07) is 3.08. The number of unbranched alkanes of at least 4 members (excludes halogenated alkanes) is 1. The zero-order chi connectivity index (χ0) is 18.4. The van der Waals surface area contributed by atoms with Crippen LogP contribution in [0.1, 0.15) is 49.9 Å². The molecule has 1 fully saturated rings. The van der Waals surface area contributed by atoms with Gasteiger partial charge in [0.2, 0.25) is 0 Å². The van der Waals surface area contributed by atoms with E-state index in [2.05, 4.69) is 6.92 Å². The molecule has 1 saturated carbocycles. The fourth-order valence-electron chi connectivity index (χ4n) is 2.48. The number of ether oxygens (including phenoxy) is 2. The molecule has 0 unspecified atom stereocenters. The molecule has 1 aliphatic rings. The first kappa shape index (κ1) is 19.4. The molecule has 1 amide bonds. The van der Waals surface area contributed by atoms with Gasteiger partial charge >= 0.3 is 5.97 Å². The summed E-state index contributed by atoms with van der Waals surface area (Å²) >= 11 is 6.31. The first-order valence-electron chi connectivity index (χ1n) is 8.59. The number of benzene rings is 1. The molecule has 6 nitrogen and oxygen atoms in total. The number of amides is 1. The van der Waals surface area contributed by atoms with Gasteiger partial charge in [-0.25, -0.2) is 0 Å². The molecule has 0 atom stereocenters. The van der Waals surface area contributed by atoms with Crippen molar-refractivity contribution in [3.8, 4) is 11.5 Å². The van der Waals surface area contributed by atoms with E-state index >= 15 is 0 Å². The van der Waals surface area contributed by atoms with Crippen molar-refractivity contribution in [2.24, 2.45) is 0 Å². The number of carbonyl (C=O) groups excluding carboxylic acids is 1. The molecular formula is C18H24ClNO5. The van der Waals surface area contributed by atoms with Gasteiger partial charge in [0.1, 0.15) is 6.54 Å². The number of aliphatic carboxylic acids is 1. The minimum atomic E-state index is -1.03. The second-order valence-electron chi connectivity index (χ2n) is 5.98. The third-order valence-corrected chi connectivity index (χ3v) is 4.14. The average Bonchev–Trinajstić information content (AvgIpc) is 3.39. The topological polar surface area (TPSA) is 76.1 Å². The van der Waals surface area contributed by atoms with Crippen LogP contribution in [0, 0.1) is 0 Å². The largest absolute Gasteiger partial charge is 0.490 e. The molecule has 0 saturated heterocycles. The molecule has 138 valence electrons. The fraction of sp³-hybridized carbons (Fsp3) is 0.556. The molecule has 0 aromatic heterocycles. The number of carboxylic acids is 1. The predicted octanol–water partition coefficient (Wildman–Crippen LogP) is 3.61. The highest BCUT2D eigenvalue weighted by atomic mass is 35.5. The molecule has 1 aliphatic carbocycles. The van der Waals surface area contributed by atoms with E-state index in [1.54, 1.807) is 6.07 Å². The Labute approximate surface area is 152 Å². The van der Waals surface area contributed by atoms with E-state index in [4.69, 9.17) is 26.2 Å². The van der Waals surface area contributed by atoms with Gasteiger partial charge in [-0.15, -0.1) is 0 Å². The van der Waals surface area contributed by atoms with Gasteiger partial charge in [-0.3, -0.25) is 9.59 Å². The summed E-state index contributed by atoms with van der Waals surface area (Å²) in [6.07, 6.45) is 3.52. The summed E-state index contributed by atoms with van der Waals surface area (Å²) in [7, 11) is 0. The van der Waals surface area contributed by atoms with E-state index in [0.717, 1.165) is 25.7 Å². The second-order valence-corrected chi connectivity index (χ2v) is 6.39. The summed E-state index contributed by atoms with van der Waals surface area (Å²) in [5.41, 5.74) is 0.310. The van der Waals surface area contributed by atoms with E-state index in [9.17, 15) is 9.59 Å². The normalized spacial score (nSPS) is 13.4. The fourth-order valence-corrected chi connectivity index (χ4v) is 2.74. The maximum Gasteiger partial charge on any atom is 0.323 e. The lowest BCUT2D eigenvalue weighted by molar-refractivity contribution is -0.137. The van der Waals surface area contributed by atoms with Crippen molar-refractivity contribution in [1.82, 2.24) is 4.90 Å². The Kier molecular flexibility index (Phi) is 6.93. The number of nitrogens with zero attached hydrogens (tertiary/aromatic N) is 1. The summed E-state index contributed by atoms with van der Waals surface area (Å²) in [5, 5.41) is 9.34. The van der Waals surface area contributed by atoms with Crippen molar-refractivity contribution in [2.45, 2.75) is 45.6 Å². The second kappa shape index (κ2) is 8.94. The lowest BCUT2D eigenvalue weighted by atomic mass is 10.1. The summed E-state index contributed by atoms with van der Waals surface area (Å²) < 4.78 is 11.3. The molecule has 0 aliphatic heterocycles. The first-order valence-corrected chi connectivity index (χ1v) is 8.97. The minimum absolute atomic E-state index is 0.0154. The van der Waals surface area contributed by atoms with Crippen LogP contribution in [0.5, 0.6) is 11.5 Å². The highest BCUT2D eigenvalue weighted by Gasteiger charge is 2.35. The highest BCUT2D eigenvalue weighted by Crippen LogP contribution is 2.38. The molecule has 0 radical (unpaired) electrons. The van der Waals surface area contributed by atoms with Crippen LogP contribution in [0.3, 0.4) is 0 Å². The van der Waals surface area contributed by atoms with Crippen LogP contribution < -0.4 is 9.47 Å². The zero-order valence-corrected chi connectivity index (χ0v) is 15.3. The maximum absolute atomic E-state index is 12.7. The number of hydrogen-bond donors (Lipinski definition) is 1. The highest BCUT2D eigenvalue weighted by molar-refractivity contribution is 6.32. The molecule has 1 aromatic carbocycles. The zero-order valence-electron chi connectivity index (χ0n) is 14.6. The van der Waals surface area contributed by atoms with Crippen molar-refractivity contribution in [1.29, 1.82) is 0 Å². The molecule has 7 heteroatoms. The Hall–Kier alpha value is -1.95. The first-order chi connectivity index (χ1) is 12.0. The Morgan fingerprint density at radius 3 is 2.56 bits per heavy atom. The van der Waals surface area contributed by atoms with Crippen molar-refractivity contribution < 1.29 is 24.2 Å². The van der Waals surface area contributed by atoms with E-state index in [1.807, 2.05) is 6.92 Å². The minimum Gasteiger partial charge on any atom is -0.490 e. The number of hydrogen-bond acceptors (Lipinski definition) is 4. The lowest BCUT2D eigenvalue weighted by Gasteiger charge is -2.21. The molecule has 0 heterocycles. The van der Waals surface area contributed by atoms with Gasteiger partial charge in [-0.2, -0.15) is 0 Å². The van der Waals surface area contributed by atoms with E-state index in [0.29, 0.717) is 30.3 Å². The van der Waals surface area contributed by atoms with Crippen molar-refractivity contribution >= 4 is 23.5 Å². The number of rotatable bonds is 10. The van der Waals surface area contributed by atoms with Crippen LogP contribution >= 0.6 is 11.6 Å². The van der Waals surface area contributed by atoms with E-state index < -0.39 is 5.97 Å². The Bertz CT molecular complexity index is 630. The number of halogens is 1. The molecular weight excluding hydrogens is 346 g/mol. The van der Waals surface area contributed by atoms with Crippen LogP contribution in [0.15, 0.2) is 12.1 Å². The van der Waals surface area contributed by atoms with E-state index in [-0.39, 0.29) is 23.5 Å². The third kappa shape index (κ3) is 5.26. The number of carboxylic acid groups (broad SMARTS) is 1. The molecule has 0 spiro atoms. The Balaban J connectivity index is 2.27. The SMILES string of the molecule is CCCCOc1c(Cl)cc(C(=O)N(CC(=O)O)C2CC2)cc1OCC. The Morgan fingerprint density at radius 2 is 2.00 bits per heavy atom. The van der Waals surface area contributed by atoms with Gasteiger partial charge in [0.15, 0.2) is 11.5 Å². The average molecular weight is 370 g/mol. The molecule has 1 aromatic rings. The van der Waals surface area contributed by atoms with Crippen LogP contribution in [-0.4, -0.2) is 47.7 Å². The van der Waals surface area contributed by atoms with Gasteiger partial charge in [-0.05, 0) is 38.3 Å². The quantitative estimate of drug-likeness (QED) is 0.637. The van der Waals surface area contributed by atoms with Crippen LogP contribution in [-0.2, 0) is 4.79 Å². The Morgan fingerprint density at radius 1 is 1.28 bits per heavy atom. The maximum atomic E-state index is 12.7. The van der Waals surface area contributed by atoms with Gasteiger partial charge in [0.25, 0.3) is 5.91 Å². The van der Waals surface area contributed by atoms with Crippen LogP contribution in [0.2, 0.25) is 5.02 Å². The van der Waals surface area contributed by atoms with E-state index in [1.165, 1.54) is 11.0 Å². The molecule has 25 heavy (non-hydrogen) atoms. The molecule has 1 N–H and O–H groups in total. The monoisotopic (exact) mass is 369 g/mol. The van der Waals surface area contributed by atoms with Crippen LogP contribution in [0.4, 0.5) is 0 Å².